The first-order chi connectivity index (χ1) is 12.3. The number of benzene rings is 1. The van der Waals surface area contributed by atoms with E-state index in [0.29, 0.717) is 14.8 Å². The van der Waals surface area contributed by atoms with Gasteiger partial charge in [0.2, 0.25) is 0 Å². The molecule has 7 heteroatoms. The Kier molecular flexibility index (Phi) is 5.11. The van der Waals surface area contributed by atoms with Crippen molar-refractivity contribution in [3.05, 3.63) is 64.5 Å². The third-order valence-electron chi connectivity index (χ3n) is 3.80. The van der Waals surface area contributed by atoms with E-state index in [0.717, 1.165) is 5.69 Å². The Labute approximate surface area is 157 Å². The molecule has 26 heavy (non-hydrogen) atoms. The SMILES string of the molecule is CC(C)(C)c1ccc(NC(=O)c2cnc(NC(=O)c3ccc[nH]3)[se]2)cc1. The summed E-state index contributed by atoms with van der Waals surface area (Å²) in [5.74, 6) is -0.454. The second kappa shape index (κ2) is 7.31. The summed E-state index contributed by atoms with van der Waals surface area (Å²) in [6, 6.07) is 11.3. The molecule has 0 saturated heterocycles. The average Bonchev–Trinajstić information content (AvgIpc) is 3.26. The molecular formula is C19H20N4O2Se. The van der Waals surface area contributed by atoms with Crippen molar-refractivity contribution >= 4 is 36.7 Å². The Balaban J connectivity index is 1.64. The average molecular weight is 415 g/mol. The summed E-state index contributed by atoms with van der Waals surface area (Å²) in [6.45, 7) is 6.44. The van der Waals surface area contributed by atoms with Gasteiger partial charge in [0.1, 0.15) is 0 Å². The van der Waals surface area contributed by atoms with E-state index < -0.39 is 0 Å². The van der Waals surface area contributed by atoms with Crippen LogP contribution in [0.2, 0.25) is 0 Å². The monoisotopic (exact) mass is 416 g/mol. The summed E-state index contributed by atoms with van der Waals surface area (Å²) in [5, 5.41) is 5.61. The molecule has 0 atom stereocenters. The van der Waals surface area contributed by atoms with Crippen LogP contribution in [0, 0.1) is 0 Å². The van der Waals surface area contributed by atoms with Gasteiger partial charge in [0, 0.05) is 0 Å². The number of aromatic amines is 1. The van der Waals surface area contributed by atoms with Crippen LogP contribution in [0.5, 0.6) is 0 Å². The summed E-state index contributed by atoms with van der Waals surface area (Å²) in [5.41, 5.74) is 2.47. The normalized spacial score (nSPS) is 11.2. The molecule has 0 aliphatic carbocycles. The maximum absolute atomic E-state index is 12.4. The third-order valence-corrected chi connectivity index (χ3v) is 5.71. The Morgan fingerprint density at radius 3 is 2.38 bits per heavy atom. The molecule has 2 amide bonds. The number of anilines is 2. The van der Waals surface area contributed by atoms with Crippen LogP contribution in [0.4, 0.5) is 10.4 Å². The second-order valence-corrected chi connectivity index (χ2v) is 9.01. The number of hydrogen-bond acceptors (Lipinski definition) is 3. The second-order valence-electron chi connectivity index (χ2n) is 6.85. The molecule has 0 saturated carbocycles. The van der Waals surface area contributed by atoms with E-state index in [2.05, 4.69) is 41.4 Å². The zero-order valence-corrected chi connectivity index (χ0v) is 16.5. The fraction of sp³-hybridized carbons (Fsp3) is 0.211. The van der Waals surface area contributed by atoms with Crippen molar-refractivity contribution in [1.29, 1.82) is 0 Å². The molecule has 2 heterocycles. The number of H-pyrrole nitrogens is 1. The molecule has 0 radical (unpaired) electrons. The van der Waals surface area contributed by atoms with Gasteiger partial charge in [0.15, 0.2) is 0 Å². The van der Waals surface area contributed by atoms with Crippen LogP contribution in [0.25, 0.3) is 0 Å². The van der Waals surface area contributed by atoms with Crippen molar-refractivity contribution in [3.63, 3.8) is 0 Å². The van der Waals surface area contributed by atoms with Crippen LogP contribution in [0.3, 0.4) is 0 Å². The van der Waals surface area contributed by atoms with Crippen molar-refractivity contribution < 1.29 is 9.59 Å². The number of carbonyl (C=O) groups excluding carboxylic acids is 2. The Bertz CT molecular complexity index is 906. The van der Waals surface area contributed by atoms with Crippen LogP contribution in [-0.4, -0.2) is 36.3 Å². The molecule has 0 aliphatic heterocycles. The maximum atomic E-state index is 12.4. The predicted octanol–water partition coefficient (Wildman–Crippen LogP) is 3.27. The van der Waals surface area contributed by atoms with E-state index in [1.165, 1.54) is 11.8 Å². The third kappa shape index (κ3) is 4.31. The quantitative estimate of drug-likeness (QED) is 0.572. The summed E-state index contributed by atoms with van der Waals surface area (Å²) in [4.78, 5) is 31.4. The molecule has 1 aromatic carbocycles. The molecule has 6 nitrogen and oxygen atoms in total. The first-order valence-electron chi connectivity index (χ1n) is 8.15. The zero-order valence-electron chi connectivity index (χ0n) is 14.8. The van der Waals surface area contributed by atoms with Gasteiger partial charge in [-0.3, -0.25) is 0 Å². The fourth-order valence-corrected chi connectivity index (χ4v) is 3.80. The number of aromatic nitrogens is 2. The molecule has 2 aromatic heterocycles. The van der Waals surface area contributed by atoms with Crippen LogP contribution in [0.15, 0.2) is 48.8 Å². The Morgan fingerprint density at radius 1 is 1.04 bits per heavy atom. The number of nitrogens with zero attached hydrogens (tertiary/aromatic N) is 1. The van der Waals surface area contributed by atoms with Crippen LogP contribution < -0.4 is 10.6 Å². The van der Waals surface area contributed by atoms with Crippen molar-refractivity contribution in [3.8, 4) is 0 Å². The van der Waals surface area contributed by atoms with Crippen molar-refractivity contribution in [2.75, 3.05) is 10.6 Å². The van der Waals surface area contributed by atoms with E-state index in [1.807, 2.05) is 24.3 Å². The predicted molar refractivity (Wildman–Crippen MR) is 103 cm³/mol. The molecule has 134 valence electrons. The van der Waals surface area contributed by atoms with Crippen LogP contribution in [-0.2, 0) is 5.41 Å². The van der Waals surface area contributed by atoms with Crippen molar-refractivity contribution in [1.82, 2.24) is 9.97 Å². The number of nitrogens with one attached hydrogen (secondary N) is 3. The van der Waals surface area contributed by atoms with Gasteiger partial charge in [0.05, 0.1) is 0 Å². The number of hydrogen-bond donors (Lipinski definition) is 3. The first kappa shape index (κ1) is 18.2. The summed E-state index contributed by atoms with van der Waals surface area (Å²) in [6.07, 6.45) is 3.20. The molecule has 3 aromatic rings. The van der Waals surface area contributed by atoms with Gasteiger partial charge in [-0.05, 0) is 0 Å². The number of rotatable bonds is 4. The summed E-state index contributed by atoms with van der Waals surface area (Å²) < 4.78 is 1.09. The molecule has 0 unspecified atom stereocenters. The minimum atomic E-state index is -0.336. The van der Waals surface area contributed by atoms with Crippen LogP contribution >= 0.6 is 0 Å². The first-order valence-corrected chi connectivity index (χ1v) is 9.87. The standard InChI is InChI=1S/C19H20N4O2Se/c1-19(2,3)12-6-8-13(9-7-12)22-17(25)15-11-21-18(26-15)23-16(24)14-5-4-10-20-14/h4-11,20H,1-3H3,(H,22,25)(H,21,23,24). The van der Waals surface area contributed by atoms with Crippen LogP contribution in [0.1, 0.15) is 46.1 Å². The van der Waals surface area contributed by atoms with Gasteiger partial charge >= 0.3 is 158 Å². The van der Waals surface area contributed by atoms with Crippen molar-refractivity contribution in [2.45, 2.75) is 26.2 Å². The molecule has 0 bridgehead atoms. The van der Waals surface area contributed by atoms with Gasteiger partial charge in [-0.2, -0.15) is 0 Å². The van der Waals surface area contributed by atoms with Gasteiger partial charge in [0.25, 0.3) is 0 Å². The van der Waals surface area contributed by atoms with Crippen molar-refractivity contribution in [2.24, 2.45) is 0 Å². The number of carbonyl (C=O) groups is 2. The molecule has 3 N–H and O–H groups in total. The fourth-order valence-electron chi connectivity index (χ4n) is 2.32. The summed E-state index contributed by atoms with van der Waals surface area (Å²) >= 11 is -0.336. The zero-order chi connectivity index (χ0) is 18.7. The van der Waals surface area contributed by atoms with Gasteiger partial charge in [-0.15, -0.1) is 0 Å². The molecule has 0 aliphatic rings. The van der Waals surface area contributed by atoms with E-state index in [4.69, 9.17) is 0 Å². The summed E-state index contributed by atoms with van der Waals surface area (Å²) in [7, 11) is 0. The van der Waals surface area contributed by atoms with E-state index in [9.17, 15) is 9.59 Å². The van der Waals surface area contributed by atoms with Gasteiger partial charge in [-0.25, -0.2) is 0 Å². The van der Waals surface area contributed by atoms with Gasteiger partial charge in [-0.1, -0.05) is 0 Å². The van der Waals surface area contributed by atoms with E-state index >= 15 is 0 Å². The molecule has 3 rings (SSSR count). The molecular weight excluding hydrogens is 395 g/mol. The molecule has 0 fully saturated rings. The van der Waals surface area contributed by atoms with E-state index in [-0.39, 0.29) is 31.7 Å². The van der Waals surface area contributed by atoms with E-state index in [1.54, 1.807) is 18.3 Å². The number of amides is 2. The topological polar surface area (TPSA) is 86.9 Å². The molecule has 0 spiro atoms. The Morgan fingerprint density at radius 2 is 1.77 bits per heavy atom. The Hall–Kier alpha value is -2.63. The van der Waals surface area contributed by atoms with Gasteiger partial charge < -0.3 is 0 Å². The minimum absolute atomic E-state index is 0.0692.